The van der Waals surface area contributed by atoms with E-state index in [1.165, 1.54) is 0 Å². The number of aromatic nitrogens is 1. The van der Waals surface area contributed by atoms with Crippen LogP contribution in [0.15, 0.2) is 24.3 Å². The maximum Gasteiger partial charge on any atom is 0.204 e. The molecule has 1 aromatic carbocycles. The summed E-state index contributed by atoms with van der Waals surface area (Å²) in [4.78, 5) is 3.31. The van der Waals surface area contributed by atoms with Gasteiger partial charge in [0.2, 0.25) is 6.29 Å². The Balaban J connectivity index is 1.75. The molecule has 1 fully saturated rings. The molecule has 0 radical (unpaired) electrons. The van der Waals surface area contributed by atoms with E-state index in [4.69, 9.17) is 14.2 Å². The Morgan fingerprint density at radius 3 is 2.84 bits per heavy atom. The van der Waals surface area contributed by atoms with Crippen molar-refractivity contribution in [3.05, 3.63) is 30.0 Å². The summed E-state index contributed by atoms with van der Waals surface area (Å²) in [6.45, 7) is 4.81. The first-order valence-electron chi connectivity index (χ1n) is 6.82. The Morgan fingerprint density at radius 2 is 2.11 bits per heavy atom. The minimum absolute atomic E-state index is 0.107. The lowest BCUT2D eigenvalue weighted by atomic mass is 10.2. The quantitative estimate of drug-likeness (QED) is 0.834. The fraction of sp³-hybridized carbons (Fsp3) is 0.467. The van der Waals surface area contributed by atoms with Gasteiger partial charge in [-0.2, -0.15) is 0 Å². The van der Waals surface area contributed by atoms with Crippen LogP contribution in [0.25, 0.3) is 10.9 Å². The summed E-state index contributed by atoms with van der Waals surface area (Å²) >= 11 is 0. The zero-order valence-corrected chi connectivity index (χ0v) is 11.3. The Morgan fingerprint density at radius 1 is 1.26 bits per heavy atom. The largest absolute Gasteiger partial charge is 0.494 e. The molecule has 1 aliphatic rings. The standard InChI is InChI=1S/C15H19NO3/c1-3-4-7-17-12-5-6-13-11(8-12)9-14(16-13)15-18-10(2)19-15/h5-6,8-10,15-16H,3-4,7H2,1-2H3. The molecular weight excluding hydrogens is 242 g/mol. The van der Waals surface area contributed by atoms with Crippen molar-refractivity contribution in [2.75, 3.05) is 6.61 Å². The number of unbranched alkanes of at least 4 members (excludes halogenated alkanes) is 1. The highest BCUT2D eigenvalue weighted by Gasteiger charge is 2.29. The minimum Gasteiger partial charge on any atom is -0.494 e. The van der Waals surface area contributed by atoms with Gasteiger partial charge < -0.3 is 19.2 Å². The van der Waals surface area contributed by atoms with E-state index in [1.807, 2.05) is 25.1 Å². The molecule has 4 nitrogen and oxygen atoms in total. The molecule has 102 valence electrons. The normalized spacial score (nSPS) is 22.4. The van der Waals surface area contributed by atoms with Gasteiger partial charge in [-0.25, -0.2) is 0 Å². The van der Waals surface area contributed by atoms with Crippen LogP contribution >= 0.6 is 0 Å². The average Bonchev–Trinajstić information content (AvgIpc) is 2.78. The summed E-state index contributed by atoms with van der Waals surface area (Å²) in [5, 5.41) is 1.12. The van der Waals surface area contributed by atoms with E-state index < -0.39 is 0 Å². The van der Waals surface area contributed by atoms with Gasteiger partial charge in [-0.3, -0.25) is 0 Å². The lowest BCUT2D eigenvalue weighted by Crippen LogP contribution is -2.31. The lowest BCUT2D eigenvalue weighted by Gasteiger charge is -2.32. The summed E-state index contributed by atoms with van der Waals surface area (Å²) in [6, 6.07) is 8.12. The summed E-state index contributed by atoms with van der Waals surface area (Å²) in [5.41, 5.74) is 2.03. The molecule has 0 bridgehead atoms. The zero-order valence-electron chi connectivity index (χ0n) is 11.3. The van der Waals surface area contributed by atoms with Gasteiger partial charge in [0.1, 0.15) is 5.75 Å². The van der Waals surface area contributed by atoms with Gasteiger partial charge in [0.05, 0.1) is 12.3 Å². The maximum absolute atomic E-state index is 5.71. The van der Waals surface area contributed by atoms with Crippen molar-refractivity contribution >= 4 is 10.9 Å². The minimum atomic E-state index is -0.258. The molecule has 0 unspecified atom stereocenters. The topological polar surface area (TPSA) is 43.5 Å². The van der Waals surface area contributed by atoms with Crippen LogP contribution in [0.1, 0.15) is 38.7 Å². The fourth-order valence-corrected chi connectivity index (χ4v) is 2.19. The van der Waals surface area contributed by atoms with Crippen molar-refractivity contribution in [1.82, 2.24) is 4.98 Å². The van der Waals surface area contributed by atoms with E-state index in [0.717, 1.165) is 41.8 Å². The molecule has 0 amide bonds. The second-order valence-corrected chi connectivity index (χ2v) is 4.85. The molecule has 1 saturated heterocycles. The van der Waals surface area contributed by atoms with E-state index >= 15 is 0 Å². The second-order valence-electron chi connectivity index (χ2n) is 4.85. The van der Waals surface area contributed by atoms with E-state index in [0.29, 0.717) is 0 Å². The van der Waals surface area contributed by atoms with Crippen molar-refractivity contribution in [3.8, 4) is 5.75 Å². The number of hydrogen-bond acceptors (Lipinski definition) is 3. The number of hydrogen-bond donors (Lipinski definition) is 1. The first-order valence-corrected chi connectivity index (χ1v) is 6.82. The molecule has 1 aliphatic heterocycles. The Bertz CT molecular complexity index is 558. The average molecular weight is 261 g/mol. The molecule has 0 atom stereocenters. The van der Waals surface area contributed by atoms with Crippen molar-refractivity contribution in [1.29, 1.82) is 0 Å². The molecular formula is C15H19NO3. The molecule has 1 N–H and O–H groups in total. The molecule has 2 aromatic rings. The highest BCUT2D eigenvalue weighted by atomic mass is 16.9. The van der Waals surface area contributed by atoms with Crippen LogP contribution in [0, 0.1) is 0 Å². The molecule has 0 spiro atoms. The molecule has 3 rings (SSSR count). The van der Waals surface area contributed by atoms with Crippen LogP contribution in [0.3, 0.4) is 0 Å². The van der Waals surface area contributed by atoms with Gasteiger partial charge in [-0.1, -0.05) is 13.3 Å². The van der Waals surface area contributed by atoms with Gasteiger partial charge >= 0.3 is 0 Å². The van der Waals surface area contributed by atoms with Crippen molar-refractivity contribution in [2.45, 2.75) is 39.3 Å². The van der Waals surface area contributed by atoms with E-state index in [9.17, 15) is 0 Å². The highest BCUT2D eigenvalue weighted by Crippen LogP contribution is 2.33. The van der Waals surface area contributed by atoms with Crippen molar-refractivity contribution in [2.24, 2.45) is 0 Å². The second kappa shape index (κ2) is 5.23. The first-order chi connectivity index (χ1) is 9.26. The molecule has 19 heavy (non-hydrogen) atoms. The first kappa shape index (κ1) is 12.5. The molecule has 0 saturated carbocycles. The van der Waals surface area contributed by atoms with Crippen LogP contribution in [0.4, 0.5) is 0 Å². The molecule has 4 heteroatoms. The van der Waals surface area contributed by atoms with Gasteiger partial charge in [-0.15, -0.1) is 0 Å². The van der Waals surface area contributed by atoms with E-state index in [1.54, 1.807) is 0 Å². The predicted molar refractivity (Wildman–Crippen MR) is 73.1 cm³/mol. The summed E-state index contributed by atoms with van der Waals surface area (Å²) < 4.78 is 16.7. The van der Waals surface area contributed by atoms with Crippen LogP contribution in [0.5, 0.6) is 5.75 Å². The third-order valence-corrected chi connectivity index (χ3v) is 3.26. The number of benzene rings is 1. The Hall–Kier alpha value is -1.52. The fourth-order valence-electron chi connectivity index (χ4n) is 2.19. The van der Waals surface area contributed by atoms with E-state index in [2.05, 4.69) is 18.0 Å². The lowest BCUT2D eigenvalue weighted by molar-refractivity contribution is -0.383. The van der Waals surface area contributed by atoms with Crippen LogP contribution in [-0.4, -0.2) is 17.9 Å². The smallest absolute Gasteiger partial charge is 0.204 e. The van der Waals surface area contributed by atoms with Gasteiger partial charge in [-0.05, 0) is 37.6 Å². The molecule has 1 aromatic heterocycles. The monoisotopic (exact) mass is 261 g/mol. The highest BCUT2D eigenvalue weighted by molar-refractivity contribution is 5.82. The molecule has 2 heterocycles. The number of nitrogens with one attached hydrogen (secondary N) is 1. The van der Waals surface area contributed by atoms with Crippen molar-refractivity contribution in [3.63, 3.8) is 0 Å². The Labute approximate surface area is 112 Å². The summed E-state index contributed by atoms with van der Waals surface area (Å²) in [5.74, 6) is 0.912. The van der Waals surface area contributed by atoms with Gasteiger partial charge in [0, 0.05) is 10.9 Å². The van der Waals surface area contributed by atoms with Gasteiger partial charge in [0.15, 0.2) is 6.29 Å². The summed E-state index contributed by atoms with van der Waals surface area (Å²) in [6.07, 6.45) is 1.86. The number of fused-ring (bicyclic) bond motifs is 1. The third-order valence-electron chi connectivity index (χ3n) is 3.26. The third kappa shape index (κ3) is 2.60. The van der Waals surface area contributed by atoms with Crippen LogP contribution < -0.4 is 4.74 Å². The van der Waals surface area contributed by atoms with Gasteiger partial charge in [0.25, 0.3) is 0 Å². The van der Waals surface area contributed by atoms with Crippen LogP contribution in [0.2, 0.25) is 0 Å². The maximum atomic E-state index is 5.71. The molecule has 0 aliphatic carbocycles. The number of H-pyrrole nitrogens is 1. The Kier molecular flexibility index (Phi) is 3.44. The van der Waals surface area contributed by atoms with Crippen LogP contribution in [-0.2, 0) is 9.47 Å². The SMILES string of the molecule is CCCCOc1ccc2[nH]c(C3OC(C)O3)cc2c1. The van der Waals surface area contributed by atoms with E-state index in [-0.39, 0.29) is 12.6 Å². The summed E-state index contributed by atoms with van der Waals surface area (Å²) in [7, 11) is 0. The predicted octanol–water partition coefficient (Wildman–Crippen LogP) is 3.74. The number of rotatable bonds is 5. The number of ether oxygens (including phenoxy) is 3. The zero-order chi connectivity index (χ0) is 13.2. The number of aromatic amines is 1. The van der Waals surface area contributed by atoms with Crippen molar-refractivity contribution < 1.29 is 14.2 Å².